The van der Waals surface area contributed by atoms with Crippen LogP contribution in [0.25, 0.3) is 0 Å². The average molecular weight is 416 g/mol. The first kappa shape index (κ1) is 22.2. The van der Waals surface area contributed by atoms with Crippen LogP contribution in [-0.4, -0.2) is 18.4 Å². The normalized spacial score (nSPS) is 11.6. The molecule has 160 valence electrons. The van der Waals surface area contributed by atoms with Gasteiger partial charge in [-0.15, -0.1) is 0 Å². The van der Waals surface area contributed by atoms with Gasteiger partial charge in [0.15, 0.2) is 0 Å². The molecule has 0 radical (unpaired) electrons. The Hall–Kier alpha value is -3.44. The Bertz CT molecular complexity index is 1060. The number of para-hydroxylation sites is 1. The zero-order valence-corrected chi connectivity index (χ0v) is 18.5. The van der Waals surface area contributed by atoms with E-state index < -0.39 is 6.04 Å². The van der Waals surface area contributed by atoms with Crippen LogP contribution in [0.15, 0.2) is 66.7 Å². The molecular weight excluding hydrogens is 386 g/mol. The van der Waals surface area contributed by atoms with E-state index in [-0.39, 0.29) is 18.4 Å². The van der Waals surface area contributed by atoms with E-state index in [1.165, 1.54) is 0 Å². The number of nitrogens with one attached hydrogen (secondary N) is 3. The Morgan fingerprint density at radius 2 is 1.45 bits per heavy atom. The van der Waals surface area contributed by atoms with Crippen LogP contribution in [0.2, 0.25) is 0 Å². The van der Waals surface area contributed by atoms with Gasteiger partial charge in [0.1, 0.15) is 6.04 Å². The molecule has 3 rings (SSSR count). The smallest absolute Gasteiger partial charge is 0.246 e. The van der Waals surface area contributed by atoms with Crippen molar-refractivity contribution in [3.05, 3.63) is 94.5 Å². The van der Waals surface area contributed by atoms with Crippen LogP contribution in [0.1, 0.15) is 33.9 Å². The number of anilines is 2. The van der Waals surface area contributed by atoms with Crippen molar-refractivity contribution in [1.29, 1.82) is 0 Å². The number of benzene rings is 3. The summed E-state index contributed by atoms with van der Waals surface area (Å²) in [5, 5.41) is 9.09. The molecule has 0 aromatic heterocycles. The second-order valence-electron chi connectivity index (χ2n) is 7.85. The molecule has 3 aromatic carbocycles. The minimum absolute atomic E-state index is 0.00749. The first-order valence-corrected chi connectivity index (χ1v) is 10.4. The van der Waals surface area contributed by atoms with E-state index in [2.05, 4.69) is 16.0 Å². The summed E-state index contributed by atoms with van der Waals surface area (Å²) in [6, 6.07) is 20.6. The Kier molecular flexibility index (Phi) is 7.21. The molecule has 0 bridgehead atoms. The number of carbonyl (C=O) groups excluding carboxylic acids is 2. The van der Waals surface area contributed by atoms with E-state index in [1.807, 2.05) is 94.4 Å². The topological polar surface area (TPSA) is 70.2 Å². The zero-order chi connectivity index (χ0) is 22.4. The van der Waals surface area contributed by atoms with Crippen LogP contribution < -0.4 is 16.0 Å². The predicted octanol–water partition coefficient (Wildman–Crippen LogP) is 4.83. The molecule has 0 aliphatic carbocycles. The minimum atomic E-state index is -0.662. The first-order chi connectivity index (χ1) is 14.8. The van der Waals surface area contributed by atoms with Crippen molar-refractivity contribution in [3.8, 4) is 0 Å². The highest BCUT2D eigenvalue weighted by Crippen LogP contribution is 2.21. The largest absolute Gasteiger partial charge is 0.324 e. The third kappa shape index (κ3) is 5.80. The molecule has 31 heavy (non-hydrogen) atoms. The van der Waals surface area contributed by atoms with Gasteiger partial charge in [0, 0.05) is 11.4 Å². The van der Waals surface area contributed by atoms with Gasteiger partial charge in [-0.25, -0.2) is 0 Å². The summed E-state index contributed by atoms with van der Waals surface area (Å²) in [5.41, 5.74) is 6.43. The van der Waals surface area contributed by atoms with Crippen LogP contribution in [0.4, 0.5) is 11.4 Å². The lowest BCUT2D eigenvalue weighted by molar-refractivity contribution is -0.119. The van der Waals surface area contributed by atoms with E-state index in [1.54, 1.807) is 0 Å². The zero-order valence-electron chi connectivity index (χ0n) is 18.5. The summed E-state index contributed by atoms with van der Waals surface area (Å²) in [6.07, 6.45) is 0. The quantitative estimate of drug-likeness (QED) is 0.518. The van der Waals surface area contributed by atoms with Gasteiger partial charge < -0.3 is 10.6 Å². The van der Waals surface area contributed by atoms with E-state index in [4.69, 9.17) is 0 Å². The molecule has 5 nitrogen and oxygen atoms in total. The number of rotatable bonds is 7. The molecule has 2 amide bonds. The summed E-state index contributed by atoms with van der Waals surface area (Å²) in [5.74, 6) is -0.405. The maximum Gasteiger partial charge on any atom is 0.246 e. The maximum absolute atomic E-state index is 13.2. The first-order valence-electron chi connectivity index (χ1n) is 10.4. The van der Waals surface area contributed by atoms with Gasteiger partial charge in [-0.1, -0.05) is 60.7 Å². The molecule has 5 heteroatoms. The van der Waals surface area contributed by atoms with E-state index in [0.717, 1.165) is 39.2 Å². The maximum atomic E-state index is 13.2. The number of hydrogen-bond acceptors (Lipinski definition) is 3. The van der Waals surface area contributed by atoms with Crippen molar-refractivity contribution in [2.45, 2.75) is 33.7 Å². The Labute approximate surface area is 183 Å². The van der Waals surface area contributed by atoms with Gasteiger partial charge in [0.25, 0.3) is 0 Å². The van der Waals surface area contributed by atoms with Gasteiger partial charge in [0.2, 0.25) is 11.8 Å². The fraction of sp³-hybridized carbons (Fsp3) is 0.231. The fourth-order valence-corrected chi connectivity index (χ4v) is 3.47. The lowest BCUT2D eigenvalue weighted by atomic mass is 10.0. The standard InChI is InChI=1S/C26H29N3O2/c1-17-13-14-18(2)22(15-17)28-26(31)25(21-11-6-5-7-12-21)27-16-23(30)29-24-19(3)9-8-10-20(24)4/h5-15,25,27H,16H2,1-4H3,(H,28,31)(H,29,30)/t25-/m0/s1. The second-order valence-corrected chi connectivity index (χ2v) is 7.85. The Morgan fingerprint density at radius 3 is 2.13 bits per heavy atom. The SMILES string of the molecule is Cc1ccc(C)c(NC(=O)[C@@H](NCC(=O)Nc2c(C)cccc2C)c2ccccc2)c1. The predicted molar refractivity (Wildman–Crippen MR) is 126 cm³/mol. The van der Waals surface area contributed by atoms with Gasteiger partial charge in [-0.05, 0) is 61.6 Å². The molecule has 0 fully saturated rings. The number of carbonyl (C=O) groups is 2. The summed E-state index contributed by atoms with van der Waals surface area (Å²) < 4.78 is 0. The van der Waals surface area contributed by atoms with Crippen LogP contribution in [0.5, 0.6) is 0 Å². The highest BCUT2D eigenvalue weighted by molar-refractivity contribution is 5.98. The molecule has 1 atom stereocenters. The van der Waals surface area contributed by atoms with Gasteiger partial charge >= 0.3 is 0 Å². The molecule has 0 saturated carbocycles. The van der Waals surface area contributed by atoms with Crippen molar-refractivity contribution in [2.75, 3.05) is 17.2 Å². The second kappa shape index (κ2) is 10.0. The average Bonchev–Trinajstić information content (AvgIpc) is 2.74. The van der Waals surface area contributed by atoms with Crippen LogP contribution in [-0.2, 0) is 9.59 Å². The molecule has 0 saturated heterocycles. The van der Waals surface area contributed by atoms with Crippen LogP contribution in [0, 0.1) is 27.7 Å². The summed E-state index contributed by atoms with van der Waals surface area (Å²) in [6.45, 7) is 7.87. The van der Waals surface area contributed by atoms with E-state index in [9.17, 15) is 9.59 Å². The lowest BCUT2D eigenvalue weighted by Crippen LogP contribution is -2.38. The van der Waals surface area contributed by atoms with Gasteiger partial charge in [-0.3, -0.25) is 14.9 Å². The lowest BCUT2D eigenvalue weighted by Gasteiger charge is -2.20. The summed E-state index contributed by atoms with van der Waals surface area (Å²) in [4.78, 5) is 25.8. The highest BCUT2D eigenvalue weighted by Gasteiger charge is 2.22. The third-order valence-electron chi connectivity index (χ3n) is 5.26. The van der Waals surface area contributed by atoms with Crippen molar-refractivity contribution in [2.24, 2.45) is 0 Å². The number of aryl methyl sites for hydroxylation is 4. The molecule has 3 aromatic rings. The van der Waals surface area contributed by atoms with Crippen molar-refractivity contribution in [1.82, 2.24) is 5.32 Å². The third-order valence-corrected chi connectivity index (χ3v) is 5.26. The van der Waals surface area contributed by atoms with Crippen LogP contribution >= 0.6 is 0 Å². The molecule has 0 unspecified atom stereocenters. The monoisotopic (exact) mass is 415 g/mol. The molecule has 0 aliphatic rings. The molecule has 0 heterocycles. The van der Waals surface area contributed by atoms with Gasteiger partial charge in [0.05, 0.1) is 6.54 Å². The van der Waals surface area contributed by atoms with E-state index >= 15 is 0 Å². The fourth-order valence-electron chi connectivity index (χ4n) is 3.47. The molecule has 0 spiro atoms. The Morgan fingerprint density at radius 1 is 0.774 bits per heavy atom. The number of amides is 2. The van der Waals surface area contributed by atoms with Gasteiger partial charge in [-0.2, -0.15) is 0 Å². The molecule has 0 aliphatic heterocycles. The Balaban J connectivity index is 1.74. The minimum Gasteiger partial charge on any atom is -0.324 e. The summed E-state index contributed by atoms with van der Waals surface area (Å²) in [7, 11) is 0. The van der Waals surface area contributed by atoms with Crippen molar-refractivity contribution < 1.29 is 9.59 Å². The van der Waals surface area contributed by atoms with E-state index in [0.29, 0.717) is 0 Å². The molecule has 3 N–H and O–H groups in total. The highest BCUT2D eigenvalue weighted by atomic mass is 16.2. The van der Waals surface area contributed by atoms with Crippen molar-refractivity contribution in [3.63, 3.8) is 0 Å². The van der Waals surface area contributed by atoms with Crippen molar-refractivity contribution >= 4 is 23.2 Å². The number of hydrogen-bond donors (Lipinski definition) is 3. The molecular formula is C26H29N3O2. The van der Waals surface area contributed by atoms with Crippen LogP contribution in [0.3, 0.4) is 0 Å². The summed E-state index contributed by atoms with van der Waals surface area (Å²) >= 11 is 0.